The average molecular weight is 290 g/mol. The number of hydrogen-bond acceptors (Lipinski definition) is 3. The molecule has 0 saturated carbocycles. The number of imide groups is 1. The van der Waals surface area contributed by atoms with E-state index in [1.807, 2.05) is 39.0 Å². The first-order chi connectivity index (χ1) is 10.0. The van der Waals surface area contributed by atoms with Gasteiger partial charge >= 0.3 is 6.03 Å². The largest absolute Gasteiger partial charge is 0.491 e. The van der Waals surface area contributed by atoms with Gasteiger partial charge in [0, 0.05) is 0 Å². The molecular weight excluding hydrogens is 268 g/mol. The summed E-state index contributed by atoms with van der Waals surface area (Å²) in [5, 5.41) is 2.71. The molecule has 1 aromatic rings. The highest BCUT2D eigenvalue weighted by Gasteiger charge is 2.36. The van der Waals surface area contributed by atoms with Gasteiger partial charge in [0.25, 0.3) is 5.91 Å². The molecule has 0 spiro atoms. The molecule has 0 bridgehead atoms. The molecule has 1 aliphatic rings. The van der Waals surface area contributed by atoms with Crippen molar-refractivity contribution in [3.63, 3.8) is 0 Å². The zero-order chi connectivity index (χ0) is 15.4. The van der Waals surface area contributed by atoms with Crippen LogP contribution in [-0.4, -0.2) is 36.0 Å². The van der Waals surface area contributed by atoms with E-state index in [0.29, 0.717) is 13.0 Å². The number of aryl methyl sites for hydroxylation is 2. The molecule has 0 aromatic heterocycles. The highest BCUT2D eigenvalue weighted by atomic mass is 16.5. The van der Waals surface area contributed by atoms with Gasteiger partial charge in [-0.2, -0.15) is 0 Å². The van der Waals surface area contributed by atoms with Crippen LogP contribution in [0.4, 0.5) is 4.79 Å². The number of rotatable bonds is 6. The fourth-order valence-corrected chi connectivity index (χ4v) is 2.54. The number of hydrogen-bond donors (Lipinski definition) is 1. The molecule has 21 heavy (non-hydrogen) atoms. The minimum absolute atomic E-state index is 0.146. The molecule has 0 aliphatic carbocycles. The van der Waals surface area contributed by atoms with Crippen LogP contribution in [0.1, 0.15) is 30.9 Å². The van der Waals surface area contributed by atoms with Crippen LogP contribution in [0.25, 0.3) is 0 Å². The molecule has 5 nitrogen and oxygen atoms in total. The molecule has 0 radical (unpaired) electrons. The third kappa shape index (κ3) is 3.35. The second-order valence-electron chi connectivity index (χ2n) is 5.35. The monoisotopic (exact) mass is 290 g/mol. The van der Waals surface area contributed by atoms with Crippen molar-refractivity contribution in [1.29, 1.82) is 0 Å². The highest BCUT2D eigenvalue weighted by Crippen LogP contribution is 2.22. The van der Waals surface area contributed by atoms with Crippen LogP contribution in [0.3, 0.4) is 0 Å². The van der Waals surface area contributed by atoms with Crippen molar-refractivity contribution >= 4 is 11.9 Å². The summed E-state index contributed by atoms with van der Waals surface area (Å²) in [5.74, 6) is 0.682. The zero-order valence-electron chi connectivity index (χ0n) is 12.8. The minimum atomic E-state index is -0.373. The lowest BCUT2D eigenvalue weighted by molar-refractivity contribution is -0.127. The summed E-state index contributed by atoms with van der Waals surface area (Å²) in [6.45, 7) is 6.54. The third-order valence-corrected chi connectivity index (χ3v) is 3.65. The predicted molar refractivity (Wildman–Crippen MR) is 80.4 cm³/mol. The van der Waals surface area contributed by atoms with E-state index in [1.54, 1.807) is 0 Å². The van der Waals surface area contributed by atoms with Gasteiger partial charge in [-0.3, -0.25) is 9.69 Å². The van der Waals surface area contributed by atoms with Crippen LogP contribution in [-0.2, 0) is 4.79 Å². The first kappa shape index (κ1) is 15.4. The number of carbonyl (C=O) groups excluding carboxylic acids is 2. The van der Waals surface area contributed by atoms with Crippen LogP contribution in [0.2, 0.25) is 0 Å². The highest BCUT2D eigenvalue weighted by molar-refractivity contribution is 6.04. The van der Waals surface area contributed by atoms with Gasteiger partial charge in [0.15, 0.2) is 0 Å². The van der Waals surface area contributed by atoms with E-state index in [0.717, 1.165) is 23.3 Å². The van der Waals surface area contributed by atoms with E-state index in [9.17, 15) is 9.59 Å². The maximum absolute atomic E-state index is 12.1. The summed E-state index contributed by atoms with van der Waals surface area (Å²) in [6, 6.07) is 5.25. The molecule has 1 saturated heterocycles. The molecule has 2 rings (SSSR count). The van der Waals surface area contributed by atoms with Crippen LogP contribution >= 0.6 is 0 Å². The summed E-state index contributed by atoms with van der Waals surface area (Å²) in [7, 11) is 0. The van der Waals surface area contributed by atoms with Crippen molar-refractivity contribution in [3.8, 4) is 5.75 Å². The molecule has 5 heteroatoms. The predicted octanol–water partition coefficient (Wildman–Crippen LogP) is 2.40. The normalized spacial score (nSPS) is 18.0. The summed E-state index contributed by atoms with van der Waals surface area (Å²) in [5.41, 5.74) is 2.10. The Labute approximate surface area is 125 Å². The van der Waals surface area contributed by atoms with E-state index in [1.165, 1.54) is 4.90 Å². The lowest BCUT2D eigenvalue weighted by Crippen LogP contribution is -2.35. The van der Waals surface area contributed by atoms with Crippen LogP contribution in [0.15, 0.2) is 18.2 Å². The Morgan fingerprint density at radius 3 is 2.52 bits per heavy atom. The summed E-state index contributed by atoms with van der Waals surface area (Å²) < 4.78 is 5.75. The van der Waals surface area contributed by atoms with E-state index in [-0.39, 0.29) is 24.5 Å². The second-order valence-corrected chi connectivity index (χ2v) is 5.35. The first-order valence-corrected chi connectivity index (χ1v) is 7.35. The number of nitrogens with one attached hydrogen (secondary N) is 1. The molecular formula is C16H22N2O3. The molecule has 1 aromatic carbocycles. The minimum Gasteiger partial charge on any atom is -0.491 e. The SMILES string of the molecule is CCC[C@H]1NC(=O)N(CCOc2c(C)cccc2C)C1=O. The average Bonchev–Trinajstić information content (AvgIpc) is 2.70. The van der Waals surface area contributed by atoms with Gasteiger partial charge in [0.05, 0.1) is 6.54 Å². The van der Waals surface area contributed by atoms with Crippen LogP contribution in [0.5, 0.6) is 5.75 Å². The van der Waals surface area contributed by atoms with E-state index in [2.05, 4.69) is 5.32 Å². The fourth-order valence-electron chi connectivity index (χ4n) is 2.54. The Kier molecular flexibility index (Phi) is 4.83. The van der Waals surface area contributed by atoms with Crippen molar-refractivity contribution in [1.82, 2.24) is 10.2 Å². The maximum atomic E-state index is 12.1. The van der Waals surface area contributed by atoms with Crippen molar-refractivity contribution in [2.75, 3.05) is 13.2 Å². The number of para-hydroxylation sites is 1. The molecule has 1 aliphatic heterocycles. The van der Waals surface area contributed by atoms with Gasteiger partial charge in [-0.25, -0.2) is 4.79 Å². The quantitative estimate of drug-likeness (QED) is 0.818. The van der Waals surface area contributed by atoms with Crippen molar-refractivity contribution in [2.45, 2.75) is 39.7 Å². The van der Waals surface area contributed by atoms with Gasteiger partial charge < -0.3 is 10.1 Å². The Hall–Kier alpha value is -2.04. The maximum Gasteiger partial charge on any atom is 0.324 e. The first-order valence-electron chi connectivity index (χ1n) is 7.35. The topological polar surface area (TPSA) is 58.6 Å². The summed E-state index contributed by atoms with van der Waals surface area (Å²) in [6.07, 6.45) is 1.54. The van der Waals surface area contributed by atoms with Gasteiger partial charge in [-0.05, 0) is 31.4 Å². The number of nitrogens with zero attached hydrogens (tertiary/aromatic N) is 1. The third-order valence-electron chi connectivity index (χ3n) is 3.65. The Balaban J connectivity index is 1.92. The van der Waals surface area contributed by atoms with Gasteiger partial charge in [0.2, 0.25) is 0 Å². The van der Waals surface area contributed by atoms with Crippen molar-refractivity contribution in [2.24, 2.45) is 0 Å². The molecule has 1 fully saturated rings. The molecule has 0 unspecified atom stereocenters. The Bertz CT molecular complexity index is 522. The Morgan fingerprint density at radius 2 is 1.90 bits per heavy atom. The van der Waals surface area contributed by atoms with E-state index >= 15 is 0 Å². The Morgan fingerprint density at radius 1 is 1.24 bits per heavy atom. The number of amides is 3. The number of carbonyl (C=O) groups is 2. The summed E-state index contributed by atoms with van der Waals surface area (Å²) >= 11 is 0. The van der Waals surface area contributed by atoms with E-state index < -0.39 is 0 Å². The van der Waals surface area contributed by atoms with Gasteiger partial charge in [0.1, 0.15) is 18.4 Å². The number of urea groups is 1. The lowest BCUT2D eigenvalue weighted by Gasteiger charge is -2.16. The van der Waals surface area contributed by atoms with E-state index in [4.69, 9.17) is 4.74 Å². The lowest BCUT2D eigenvalue weighted by atomic mass is 10.1. The molecule has 3 amide bonds. The summed E-state index contributed by atoms with van der Waals surface area (Å²) in [4.78, 5) is 25.1. The smallest absolute Gasteiger partial charge is 0.324 e. The van der Waals surface area contributed by atoms with Crippen LogP contribution < -0.4 is 10.1 Å². The second kappa shape index (κ2) is 6.61. The molecule has 1 atom stereocenters. The van der Waals surface area contributed by atoms with Gasteiger partial charge in [-0.1, -0.05) is 31.5 Å². The van der Waals surface area contributed by atoms with Gasteiger partial charge in [-0.15, -0.1) is 0 Å². The molecule has 1 heterocycles. The zero-order valence-corrected chi connectivity index (χ0v) is 12.8. The van der Waals surface area contributed by atoms with Crippen molar-refractivity contribution in [3.05, 3.63) is 29.3 Å². The van der Waals surface area contributed by atoms with Crippen LogP contribution in [0, 0.1) is 13.8 Å². The molecule has 1 N–H and O–H groups in total. The standard InChI is InChI=1S/C16H22N2O3/c1-4-6-13-15(19)18(16(20)17-13)9-10-21-14-11(2)7-5-8-12(14)3/h5,7-8,13H,4,6,9-10H2,1-3H3,(H,17,20)/t13-/m1/s1. The van der Waals surface area contributed by atoms with Crippen molar-refractivity contribution < 1.29 is 14.3 Å². The molecule has 114 valence electrons. The number of benzene rings is 1. The fraction of sp³-hybridized carbons (Fsp3) is 0.500. The number of ether oxygens (including phenoxy) is 1.